The molecule has 0 unspecified atom stereocenters. The number of primary amides is 3. The number of aromatic nitrogens is 3. The van der Waals surface area contributed by atoms with Gasteiger partial charge in [-0.05, 0) is 126 Å². The summed E-state index contributed by atoms with van der Waals surface area (Å²) in [5, 5.41) is 31.1. The molecular weight excluding hydrogens is 1450 g/mol. The highest BCUT2D eigenvalue weighted by atomic mass is 32.2. The van der Waals surface area contributed by atoms with E-state index in [4.69, 9.17) is 41.6 Å². The van der Waals surface area contributed by atoms with E-state index >= 15 is 0 Å². The minimum absolute atomic E-state index is 0.00214. The standard InChI is InChI=1S/C66H67N17O16S5/c1-9-82(10-2)50-28-46(48(30-52(50)98-7)78-80-62-45(58(68)88)26-41(101-62)25-43(34(5)85)60(90)72-40-20-15-18-38(24-40)70-33-84)73-64-75-65(77-66(76-64)100-32-36-16-13-21-42(22-36)103(92,93)94)74-47-29-51(83(11-3)12-4)53(99-8)31-49(47)79-81-63-55(59(69)89)56(104(95,96)97)54(102-63)27-44(35(6)86)61(91)71-39-19-14-17-37(23-39)57(67)87/h13-31,33H,9-12,32H2,1-8H3,(H2,67,87)(H2,68,88)(H2,69,89)(H,70,84)(H,71,91)(H,72,90)(H,92,93,94)(H,95,96,97)(H2,73,74,75,76,77)/b43-25+,44-27-,80-78+,81-79+. The molecule has 0 bridgehead atoms. The number of hydrogen-bond acceptors (Lipinski definition) is 28. The summed E-state index contributed by atoms with van der Waals surface area (Å²) in [4.78, 5) is 119. The van der Waals surface area contributed by atoms with Crippen LogP contribution in [0.4, 0.5) is 73.1 Å². The lowest BCUT2D eigenvalue weighted by molar-refractivity contribution is -0.120. The minimum Gasteiger partial charge on any atom is -0.494 e. The highest BCUT2D eigenvalue weighted by Crippen LogP contribution is 2.46. The van der Waals surface area contributed by atoms with Crippen molar-refractivity contribution in [2.75, 3.05) is 76.8 Å². The van der Waals surface area contributed by atoms with Crippen molar-refractivity contribution in [1.29, 1.82) is 0 Å². The number of rotatable bonds is 34. The van der Waals surface area contributed by atoms with E-state index in [1.54, 1.807) is 42.5 Å². The smallest absolute Gasteiger partial charge is 0.296 e. The molecule has 0 saturated heterocycles. The molecule has 0 saturated carbocycles. The molecule has 8 aromatic rings. The number of thiophene rings is 2. The third-order valence-corrected chi connectivity index (χ3v) is 19.7. The third kappa shape index (κ3) is 19.5. The van der Waals surface area contributed by atoms with E-state index in [1.807, 2.05) is 37.5 Å². The first-order chi connectivity index (χ1) is 49.4. The van der Waals surface area contributed by atoms with Crippen LogP contribution in [0, 0.1) is 0 Å². The summed E-state index contributed by atoms with van der Waals surface area (Å²) in [5.74, 6) is -6.52. The SMILES string of the molecule is CCN(CC)c1cc(Nc2nc(Nc3cc(N(CC)CC)c(OC)cc3/N=N/c3sc(/C=C(/C(C)=O)C(=O)Nc4cccc(C(N)=O)c4)c(S(=O)(=O)O)c3C(N)=O)nc(SCc3cccc(S(=O)(=O)O)c3)n2)c(/N=N/c2sc(/C=C(\C(C)=O)C(=O)Nc3cccc(NC=O)c3)cc2C(N)=O)cc1OC. The summed E-state index contributed by atoms with van der Waals surface area (Å²) in [7, 11) is -7.26. The van der Waals surface area contributed by atoms with E-state index in [2.05, 4.69) is 47.0 Å². The number of methoxy groups -OCH3 is 2. The Morgan fingerprint density at radius 2 is 1.12 bits per heavy atom. The number of azo groups is 2. The van der Waals surface area contributed by atoms with Gasteiger partial charge in [0.1, 0.15) is 27.8 Å². The maximum atomic E-state index is 13.7. The number of benzene rings is 5. The van der Waals surface area contributed by atoms with Gasteiger partial charge >= 0.3 is 0 Å². The van der Waals surface area contributed by atoms with E-state index in [0.717, 1.165) is 36.1 Å². The van der Waals surface area contributed by atoms with Crippen LogP contribution in [0.1, 0.15) is 87.9 Å². The van der Waals surface area contributed by atoms with Gasteiger partial charge in [0.2, 0.25) is 24.2 Å². The summed E-state index contributed by atoms with van der Waals surface area (Å²) in [6, 6.07) is 24.6. The Balaban J connectivity index is 1.28. The molecule has 104 heavy (non-hydrogen) atoms. The van der Waals surface area contributed by atoms with Gasteiger partial charge < -0.3 is 63.1 Å². The van der Waals surface area contributed by atoms with Crippen molar-refractivity contribution < 1.29 is 73.8 Å². The predicted octanol–water partition coefficient (Wildman–Crippen LogP) is 10.9. The average molecular weight is 1510 g/mol. The lowest BCUT2D eigenvalue weighted by atomic mass is 10.1. The first-order valence-corrected chi connectivity index (χ1v) is 36.3. The molecule has 542 valence electrons. The molecule has 0 radical (unpaired) electrons. The van der Waals surface area contributed by atoms with Gasteiger partial charge in [0, 0.05) is 71.6 Å². The summed E-state index contributed by atoms with van der Waals surface area (Å²) in [5.41, 5.74) is 17.3. The largest absolute Gasteiger partial charge is 0.494 e. The Morgan fingerprint density at radius 1 is 0.596 bits per heavy atom. The van der Waals surface area contributed by atoms with Crippen molar-refractivity contribution in [1.82, 2.24) is 15.0 Å². The van der Waals surface area contributed by atoms with Gasteiger partial charge in [-0.2, -0.15) is 31.8 Å². The van der Waals surface area contributed by atoms with Gasteiger partial charge in [-0.25, -0.2) is 0 Å². The van der Waals surface area contributed by atoms with Crippen LogP contribution in [0.2, 0.25) is 0 Å². The second-order valence-electron chi connectivity index (χ2n) is 21.7. The highest BCUT2D eigenvalue weighted by molar-refractivity contribution is 7.98. The van der Waals surface area contributed by atoms with Gasteiger partial charge in [-0.1, -0.05) is 36.0 Å². The average Bonchev–Trinajstić information content (AvgIpc) is 1.47. The summed E-state index contributed by atoms with van der Waals surface area (Å²) < 4.78 is 83.4. The van der Waals surface area contributed by atoms with Gasteiger partial charge in [-0.15, -0.1) is 43.1 Å². The Kier molecular flexibility index (Phi) is 25.8. The number of carbonyl (C=O) groups is 8. The van der Waals surface area contributed by atoms with Gasteiger partial charge in [0.15, 0.2) is 26.7 Å². The molecule has 0 fully saturated rings. The second-order valence-corrected chi connectivity index (χ2v) is 27.5. The number of ether oxygens (including phenoxy) is 2. The van der Waals surface area contributed by atoms with Crippen molar-refractivity contribution in [3.63, 3.8) is 0 Å². The quantitative estimate of drug-likeness (QED) is 0.00341. The van der Waals surface area contributed by atoms with Crippen LogP contribution in [0.5, 0.6) is 11.5 Å². The number of anilines is 9. The monoisotopic (exact) mass is 1510 g/mol. The number of Topliss-reactive ketones (excluding diaryl/α,β-unsaturated/α-hetero) is 2. The molecule has 0 spiro atoms. The Hall–Kier alpha value is -11.7. The highest BCUT2D eigenvalue weighted by Gasteiger charge is 2.32. The topological polar surface area (TPSA) is 497 Å². The Morgan fingerprint density at radius 3 is 1.61 bits per heavy atom. The first-order valence-electron chi connectivity index (χ1n) is 30.8. The molecule has 38 heteroatoms. The molecule has 0 aliphatic rings. The van der Waals surface area contributed by atoms with Crippen LogP contribution < -0.4 is 63.1 Å². The first kappa shape index (κ1) is 78.0. The number of thioether (sulfide) groups is 1. The molecule has 0 aliphatic heterocycles. The van der Waals surface area contributed by atoms with Crippen molar-refractivity contribution in [3.8, 4) is 11.5 Å². The zero-order valence-electron chi connectivity index (χ0n) is 56.5. The number of nitrogens with two attached hydrogens (primary N) is 3. The summed E-state index contributed by atoms with van der Waals surface area (Å²) in [6.07, 6.45) is 2.51. The van der Waals surface area contributed by atoms with E-state index in [9.17, 15) is 64.3 Å². The van der Waals surface area contributed by atoms with Crippen LogP contribution in [0.25, 0.3) is 12.2 Å². The van der Waals surface area contributed by atoms with Crippen LogP contribution in [0.3, 0.4) is 0 Å². The number of nitrogens with zero attached hydrogens (tertiary/aromatic N) is 9. The van der Waals surface area contributed by atoms with Crippen LogP contribution in [-0.4, -0.2) is 129 Å². The van der Waals surface area contributed by atoms with Crippen LogP contribution >= 0.6 is 34.4 Å². The van der Waals surface area contributed by atoms with Gasteiger partial charge in [-0.3, -0.25) is 47.5 Å². The molecule has 8 rings (SSSR count). The Labute approximate surface area is 607 Å². The number of ketones is 2. The fraction of sp³-hybridized carbons (Fsp3) is 0.197. The fourth-order valence-electron chi connectivity index (χ4n) is 9.96. The van der Waals surface area contributed by atoms with Crippen molar-refractivity contribution >= 4 is 187 Å². The molecule has 13 N–H and O–H groups in total. The van der Waals surface area contributed by atoms with Gasteiger partial charge in [0.05, 0.1) is 69.0 Å². The number of hydrogen-bond donors (Lipinski definition) is 10. The summed E-state index contributed by atoms with van der Waals surface area (Å²) >= 11 is 2.26. The van der Waals surface area contributed by atoms with E-state index in [0.29, 0.717) is 72.3 Å². The fourth-order valence-corrected chi connectivity index (χ4v) is 14.5. The summed E-state index contributed by atoms with van der Waals surface area (Å²) in [6.45, 7) is 11.6. The number of nitrogens with one attached hydrogen (secondary N) is 5. The molecule has 6 amide bonds. The lowest BCUT2D eigenvalue weighted by Crippen LogP contribution is -2.22. The maximum absolute atomic E-state index is 13.7. The number of amides is 6. The predicted molar refractivity (Wildman–Crippen MR) is 395 cm³/mol. The van der Waals surface area contributed by atoms with E-state index in [1.165, 1.54) is 87.9 Å². The zero-order valence-corrected chi connectivity index (χ0v) is 60.6. The van der Waals surface area contributed by atoms with E-state index in [-0.39, 0.29) is 94.2 Å². The second kappa shape index (κ2) is 34.3. The molecular formula is C66H67N17O16S5. The lowest BCUT2D eigenvalue weighted by Gasteiger charge is -2.25. The van der Waals surface area contributed by atoms with Crippen LogP contribution in [0.15, 0.2) is 150 Å². The van der Waals surface area contributed by atoms with Crippen molar-refractivity contribution in [2.45, 2.75) is 62.2 Å². The molecule has 0 aliphatic carbocycles. The molecule has 33 nitrogen and oxygen atoms in total. The molecule has 5 aromatic carbocycles. The van der Waals surface area contributed by atoms with Crippen molar-refractivity contribution in [2.24, 2.45) is 37.7 Å². The van der Waals surface area contributed by atoms with Gasteiger partial charge in [0.25, 0.3) is 43.9 Å². The van der Waals surface area contributed by atoms with Crippen molar-refractivity contribution in [3.05, 3.63) is 146 Å². The molecule has 0 atom stereocenters. The van der Waals surface area contributed by atoms with Crippen LogP contribution in [-0.2, 0) is 50.0 Å². The molecule has 3 aromatic heterocycles. The van der Waals surface area contributed by atoms with E-state index < -0.39 is 87.2 Å². The number of carbonyl (C=O) groups excluding carboxylic acids is 8. The maximum Gasteiger partial charge on any atom is 0.296 e. The normalized spacial score (nSPS) is 11.8. The third-order valence-electron chi connectivity index (χ3n) is 14.9. The molecule has 3 heterocycles. The Bertz CT molecular complexity index is 5090. The zero-order chi connectivity index (χ0) is 75.9. The minimum atomic E-state index is -5.44.